The van der Waals surface area contributed by atoms with E-state index in [1.165, 1.54) is 0 Å². The van der Waals surface area contributed by atoms with Crippen LogP contribution in [-0.4, -0.2) is 12.7 Å². The Hall–Kier alpha value is -2.53. The van der Waals surface area contributed by atoms with Gasteiger partial charge in [-0.2, -0.15) is 0 Å². The Labute approximate surface area is 123 Å². The smallest absolute Gasteiger partial charge is 0.417 e. The van der Waals surface area contributed by atoms with Crippen molar-refractivity contribution in [1.29, 1.82) is 0 Å². The van der Waals surface area contributed by atoms with Crippen LogP contribution >= 0.6 is 0 Å². The first kappa shape index (κ1) is 14.9. The van der Waals surface area contributed by atoms with Crippen molar-refractivity contribution in [3.05, 3.63) is 54.1 Å². The van der Waals surface area contributed by atoms with Gasteiger partial charge in [0.05, 0.1) is 6.61 Å². The fourth-order valence-electron chi connectivity index (χ4n) is 1.85. The van der Waals surface area contributed by atoms with Gasteiger partial charge in [0.15, 0.2) is 0 Å². The van der Waals surface area contributed by atoms with E-state index in [-0.39, 0.29) is 0 Å². The van der Waals surface area contributed by atoms with Gasteiger partial charge in [-0.25, -0.2) is 4.79 Å². The fourth-order valence-corrected chi connectivity index (χ4v) is 1.85. The molecule has 0 bridgehead atoms. The Morgan fingerprint density at radius 2 is 1.95 bits per heavy atom. The van der Waals surface area contributed by atoms with Crippen molar-refractivity contribution >= 4 is 11.8 Å². The Kier molecular flexibility index (Phi) is 5.17. The highest BCUT2D eigenvalue weighted by molar-refractivity contribution is 5.86. The van der Waals surface area contributed by atoms with Crippen LogP contribution in [0.1, 0.15) is 12.5 Å². The van der Waals surface area contributed by atoms with E-state index in [0.717, 1.165) is 11.3 Å². The second-order valence-electron chi connectivity index (χ2n) is 4.29. The van der Waals surface area contributed by atoms with Gasteiger partial charge in [0.1, 0.15) is 11.5 Å². The molecule has 0 aliphatic carbocycles. The maximum atomic E-state index is 11.8. The minimum absolute atomic E-state index is 0.332. The van der Waals surface area contributed by atoms with E-state index in [1.807, 2.05) is 13.0 Å². The van der Waals surface area contributed by atoms with Gasteiger partial charge < -0.3 is 15.2 Å². The van der Waals surface area contributed by atoms with Crippen molar-refractivity contribution in [2.45, 2.75) is 13.5 Å². The summed E-state index contributed by atoms with van der Waals surface area (Å²) in [5.74, 6) is 1.21. The molecule has 0 atom stereocenters. The minimum atomic E-state index is -0.548. The molecule has 0 fully saturated rings. The largest absolute Gasteiger partial charge is 0.494 e. The topological polar surface area (TPSA) is 73.6 Å². The first-order valence-corrected chi connectivity index (χ1v) is 6.72. The quantitative estimate of drug-likeness (QED) is 0.885. The Bertz CT molecular complexity index is 600. The molecule has 0 radical (unpaired) electrons. The lowest BCUT2D eigenvalue weighted by Crippen LogP contribution is -2.17. The maximum absolute atomic E-state index is 11.8. The molecule has 0 spiro atoms. The zero-order chi connectivity index (χ0) is 15.1. The number of ether oxygens (including phenoxy) is 2. The van der Waals surface area contributed by atoms with Crippen LogP contribution in [0.4, 0.5) is 10.5 Å². The van der Waals surface area contributed by atoms with Crippen LogP contribution in [-0.2, 0) is 6.54 Å². The average Bonchev–Trinajstić information content (AvgIpc) is 2.50. The van der Waals surface area contributed by atoms with Gasteiger partial charge in [0.25, 0.3) is 0 Å². The van der Waals surface area contributed by atoms with Crippen molar-refractivity contribution in [2.24, 2.45) is 5.73 Å². The summed E-state index contributed by atoms with van der Waals surface area (Å²) >= 11 is 0. The number of benzene rings is 2. The third kappa shape index (κ3) is 4.22. The monoisotopic (exact) mass is 286 g/mol. The van der Waals surface area contributed by atoms with Crippen LogP contribution < -0.4 is 20.5 Å². The van der Waals surface area contributed by atoms with Gasteiger partial charge in [-0.05, 0) is 37.3 Å². The predicted molar refractivity (Wildman–Crippen MR) is 81.6 cm³/mol. The minimum Gasteiger partial charge on any atom is -0.494 e. The molecule has 5 heteroatoms. The molecule has 0 aliphatic heterocycles. The van der Waals surface area contributed by atoms with Crippen LogP contribution in [0.5, 0.6) is 11.5 Å². The number of anilines is 1. The van der Waals surface area contributed by atoms with Gasteiger partial charge in [-0.3, -0.25) is 5.32 Å². The van der Waals surface area contributed by atoms with Crippen LogP contribution in [0, 0.1) is 0 Å². The van der Waals surface area contributed by atoms with E-state index in [9.17, 15) is 4.79 Å². The molecule has 2 aromatic carbocycles. The molecule has 5 nitrogen and oxygen atoms in total. The number of nitrogens with one attached hydrogen (secondary N) is 1. The highest BCUT2D eigenvalue weighted by Crippen LogP contribution is 2.23. The lowest BCUT2D eigenvalue weighted by atomic mass is 10.2. The van der Waals surface area contributed by atoms with Crippen LogP contribution in [0.25, 0.3) is 0 Å². The van der Waals surface area contributed by atoms with Crippen molar-refractivity contribution in [1.82, 2.24) is 0 Å². The summed E-state index contributed by atoms with van der Waals surface area (Å²) in [6.07, 6.45) is -0.548. The number of hydrogen-bond donors (Lipinski definition) is 2. The molecule has 110 valence electrons. The average molecular weight is 286 g/mol. The lowest BCUT2D eigenvalue weighted by Gasteiger charge is -2.11. The third-order valence-electron chi connectivity index (χ3n) is 2.78. The molecule has 2 aromatic rings. The van der Waals surface area contributed by atoms with E-state index in [0.29, 0.717) is 24.6 Å². The summed E-state index contributed by atoms with van der Waals surface area (Å²) in [7, 11) is 0. The summed E-state index contributed by atoms with van der Waals surface area (Å²) in [5, 5.41) is 2.66. The van der Waals surface area contributed by atoms with Crippen LogP contribution in [0.15, 0.2) is 48.5 Å². The number of para-hydroxylation sites is 1. The van der Waals surface area contributed by atoms with Gasteiger partial charge in [0, 0.05) is 17.8 Å². The second kappa shape index (κ2) is 7.31. The van der Waals surface area contributed by atoms with E-state index < -0.39 is 6.09 Å². The molecule has 2 rings (SSSR count). The summed E-state index contributed by atoms with van der Waals surface area (Å²) in [6.45, 7) is 2.80. The first-order chi connectivity index (χ1) is 10.2. The van der Waals surface area contributed by atoms with Gasteiger partial charge in [0.2, 0.25) is 0 Å². The van der Waals surface area contributed by atoms with E-state index >= 15 is 0 Å². The molecular weight excluding hydrogens is 268 g/mol. The van der Waals surface area contributed by atoms with E-state index in [4.69, 9.17) is 15.2 Å². The fraction of sp³-hybridized carbons (Fsp3) is 0.188. The van der Waals surface area contributed by atoms with Crippen molar-refractivity contribution < 1.29 is 14.3 Å². The Morgan fingerprint density at radius 1 is 1.19 bits per heavy atom. The van der Waals surface area contributed by atoms with Crippen molar-refractivity contribution in [3.63, 3.8) is 0 Å². The van der Waals surface area contributed by atoms with Crippen LogP contribution in [0.2, 0.25) is 0 Å². The molecule has 1 amide bonds. The van der Waals surface area contributed by atoms with Crippen molar-refractivity contribution in [2.75, 3.05) is 11.9 Å². The third-order valence-corrected chi connectivity index (χ3v) is 2.78. The number of carbonyl (C=O) groups is 1. The number of rotatable bonds is 5. The molecule has 0 unspecified atom stereocenters. The Morgan fingerprint density at radius 3 is 2.62 bits per heavy atom. The highest BCUT2D eigenvalue weighted by atomic mass is 16.6. The number of nitrogens with two attached hydrogens (primary N) is 1. The molecule has 0 saturated carbocycles. The lowest BCUT2D eigenvalue weighted by molar-refractivity contribution is 0.215. The molecule has 0 aliphatic rings. The summed E-state index contributed by atoms with van der Waals surface area (Å²) < 4.78 is 10.6. The zero-order valence-electron chi connectivity index (χ0n) is 11.8. The SMILES string of the molecule is CCOc1ccc(NC(=O)Oc2ccccc2)cc1CN. The first-order valence-electron chi connectivity index (χ1n) is 6.72. The molecule has 3 N–H and O–H groups in total. The maximum Gasteiger partial charge on any atom is 0.417 e. The second-order valence-corrected chi connectivity index (χ2v) is 4.29. The molecular formula is C16H18N2O3. The van der Waals surface area contributed by atoms with Crippen LogP contribution in [0.3, 0.4) is 0 Å². The predicted octanol–water partition coefficient (Wildman–Crippen LogP) is 3.15. The summed E-state index contributed by atoms with van der Waals surface area (Å²) in [5.41, 5.74) is 7.12. The van der Waals surface area contributed by atoms with Gasteiger partial charge >= 0.3 is 6.09 Å². The Balaban J connectivity index is 2.04. The van der Waals surface area contributed by atoms with E-state index in [1.54, 1.807) is 42.5 Å². The van der Waals surface area contributed by atoms with Crippen molar-refractivity contribution in [3.8, 4) is 11.5 Å². The zero-order valence-corrected chi connectivity index (χ0v) is 11.8. The number of carbonyl (C=O) groups excluding carboxylic acids is 1. The van der Waals surface area contributed by atoms with E-state index in [2.05, 4.69) is 5.32 Å². The number of hydrogen-bond acceptors (Lipinski definition) is 4. The van der Waals surface area contributed by atoms with Gasteiger partial charge in [-0.15, -0.1) is 0 Å². The molecule has 21 heavy (non-hydrogen) atoms. The highest BCUT2D eigenvalue weighted by Gasteiger charge is 2.08. The molecule has 0 heterocycles. The summed E-state index contributed by atoms with van der Waals surface area (Å²) in [6, 6.07) is 14.2. The normalized spacial score (nSPS) is 10.0. The molecule has 0 saturated heterocycles. The standard InChI is InChI=1S/C16H18N2O3/c1-2-20-15-9-8-13(10-12(15)11-17)18-16(19)21-14-6-4-3-5-7-14/h3-10H,2,11,17H2,1H3,(H,18,19). The molecule has 0 aromatic heterocycles. The summed E-state index contributed by atoms with van der Waals surface area (Å²) in [4.78, 5) is 11.8. The number of amides is 1. The van der Waals surface area contributed by atoms with Gasteiger partial charge in [-0.1, -0.05) is 18.2 Å².